The molecule has 1 aliphatic rings. The minimum Gasteiger partial charge on any atom is -0.406 e. The van der Waals surface area contributed by atoms with Crippen LogP contribution in [0.15, 0.2) is 36.4 Å². The molecular formula is C16H16ClF3N2OS. The summed E-state index contributed by atoms with van der Waals surface area (Å²) in [5.74, 6) is -0.213. The summed E-state index contributed by atoms with van der Waals surface area (Å²) in [5, 5.41) is 3.30. The molecule has 0 spiro atoms. The zero-order chi connectivity index (χ0) is 17.2. The third-order valence-corrected chi connectivity index (χ3v) is 5.09. The first kappa shape index (κ1) is 17.5. The Bertz CT molecular complexity index is 669. The molecule has 1 atom stereocenters. The van der Waals surface area contributed by atoms with Crippen LogP contribution in [0, 0.1) is 0 Å². The van der Waals surface area contributed by atoms with Crippen molar-refractivity contribution in [3.8, 4) is 5.75 Å². The molecule has 2 heterocycles. The number of thiophene rings is 1. The second-order valence-corrected chi connectivity index (χ2v) is 7.19. The van der Waals surface area contributed by atoms with Gasteiger partial charge in [0.25, 0.3) is 0 Å². The van der Waals surface area contributed by atoms with Crippen molar-refractivity contribution in [1.82, 2.24) is 10.2 Å². The lowest BCUT2D eigenvalue weighted by molar-refractivity contribution is -0.274. The highest BCUT2D eigenvalue weighted by molar-refractivity contribution is 7.16. The Labute approximate surface area is 147 Å². The normalized spacial score (nSPS) is 17.7. The Balaban J connectivity index is 1.87. The molecule has 0 radical (unpaired) electrons. The predicted octanol–water partition coefficient (Wildman–Crippen LogP) is 4.29. The standard InChI is InChI=1S/C16H16ClF3N2OS/c17-14-6-5-13(24-14)15(22-9-7-21-8-10-22)11-1-3-12(4-2-11)23-16(18,19)20/h1-6,15,21H,7-10H2/t15-/m0/s1. The zero-order valence-corrected chi connectivity index (χ0v) is 14.2. The average molecular weight is 377 g/mol. The summed E-state index contributed by atoms with van der Waals surface area (Å²) >= 11 is 7.56. The monoisotopic (exact) mass is 376 g/mol. The Morgan fingerprint density at radius 3 is 2.29 bits per heavy atom. The summed E-state index contributed by atoms with van der Waals surface area (Å²) in [6.07, 6.45) is -4.68. The van der Waals surface area contributed by atoms with Crippen LogP contribution in [0.2, 0.25) is 4.34 Å². The van der Waals surface area contributed by atoms with E-state index in [9.17, 15) is 13.2 Å². The number of nitrogens with one attached hydrogen (secondary N) is 1. The zero-order valence-electron chi connectivity index (χ0n) is 12.6. The number of benzene rings is 1. The molecule has 1 N–H and O–H groups in total. The Hall–Kier alpha value is -1.28. The van der Waals surface area contributed by atoms with Crippen molar-refractivity contribution >= 4 is 22.9 Å². The molecule has 0 bridgehead atoms. The Morgan fingerprint density at radius 1 is 1.08 bits per heavy atom. The van der Waals surface area contributed by atoms with E-state index in [1.807, 2.05) is 12.1 Å². The maximum absolute atomic E-state index is 12.3. The molecule has 0 aliphatic carbocycles. The molecule has 1 fully saturated rings. The third kappa shape index (κ3) is 4.42. The van der Waals surface area contributed by atoms with E-state index in [1.165, 1.54) is 23.5 Å². The third-order valence-electron chi connectivity index (χ3n) is 3.81. The molecule has 1 aromatic carbocycles. The molecular weight excluding hydrogens is 361 g/mol. The van der Waals surface area contributed by atoms with E-state index in [1.54, 1.807) is 12.1 Å². The SMILES string of the molecule is FC(F)(F)Oc1ccc([C@@H](c2ccc(Cl)s2)N2CCNCC2)cc1. The number of alkyl halides is 3. The number of ether oxygens (including phenoxy) is 1. The van der Waals surface area contributed by atoms with E-state index < -0.39 is 6.36 Å². The molecule has 2 aromatic rings. The van der Waals surface area contributed by atoms with Crippen LogP contribution in [-0.4, -0.2) is 37.4 Å². The predicted molar refractivity (Wildman–Crippen MR) is 88.7 cm³/mol. The molecule has 0 amide bonds. The quantitative estimate of drug-likeness (QED) is 0.861. The molecule has 1 saturated heterocycles. The Morgan fingerprint density at radius 2 is 1.75 bits per heavy atom. The molecule has 0 unspecified atom stereocenters. The number of nitrogens with zero attached hydrogens (tertiary/aromatic N) is 1. The van der Waals surface area contributed by atoms with E-state index in [-0.39, 0.29) is 11.8 Å². The van der Waals surface area contributed by atoms with Gasteiger partial charge >= 0.3 is 6.36 Å². The van der Waals surface area contributed by atoms with Gasteiger partial charge in [-0.3, -0.25) is 4.90 Å². The number of hydrogen-bond donors (Lipinski definition) is 1. The first-order valence-corrected chi connectivity index (χ1v) is 8.67. The van der Waals surface area contributed by atoms with Crippen molar-refractivity contribution in [3.05, 3.63) is 51.2 Å². The van der Waals surface area contributed by atoms with E-state index in [4.69, 9.17) is 11.6 Å². The van der Waals surface area contributed by atoms with Crippen molar-refractivity contribution in [3.63, 3.8) is 0 Å². The number of piperazine rings is 1. The van der Waals surface area contributed by atoms with Crippen molar-refractivity contribution in [2.24, 2.45) is 0 Å². The average Bonchev–Trinajstić information content (AvgIpc) is 2.95. The van der Waals surface area contributed by atoms with Gasteiger partial charge in [-0.2, -0.15) is 0 Å². The van der Waals surface area contributed by atoms with Gasteiger partial charge in [-0.25, -0.2) is 0 Å². The summed E-state index contributed by atoms with van der Waals surface area (Å²) in [4.78, 5) is 3.38. The summed E-state index contributed by atoms with van der Waals surface area (Å²) in [7, 11) is 0. The van der Waals surface area contributed by atoms with Crippen LogP contribution < -0.4 is 10.1 Å². The van der Waals surface area contributed by atoms with Gasteiger partial charge in [-0.15, -0.1) is 24.5 Å². The van der Waals surface area contributed by atoms with Crippen molar-refractivity contribution in [2.75, 3.05) is 26.2 Å². The fourth-order valence-electron chi connectivity index (χ4n) is 2.82. The van der Waals surface area contributed by atoms with Crippen molar-refractivity contribution in [1.29, 1.82) is 0 Å². The van der Waals surface area contributed by atoms with Crippen LogP contribution >= 0.6 is 22.9 Å². The molecule has 8 heteroatoms. The fourth-order valence-corrected chi connectivity index (χ4v) is 4.05. The van der Waals surface area contributed by atoms with E-state index in [0.717, 1.165) is 36.6 Å². The van der Waals surface area contributed by atoms with Crippen LogP contribution in [0.3, 0.4) is 0 Å². The van der Waals surface area contributed by atoms with Crippen LogP contribution in [-0.2, 0) is 0 Å². The lowest BCUT2D eigenvalue weighted by Crippen LogP contribution is -2.45. The van der Waals surface area contributed by atoms with Gasteiger partial charge in [0.1, 0.15) is 5.75 Å². The first-order valence-electron chi connectivity index (χ1n) is 7.48. The van der Waals surface area contributed by atoms with Gasteiger partial charge in [-0.1, -0.05) is 23.7 Å². The van der Waals surface area contributed by atoms with Crippen LogP contribution in [0.4, 0.5) is 13.2 Å². The van der Waals surface area contributed by atoms with Gasteiger partial charge in [0.2, 0.25) is 0 Å². The first-order chi connectivity index (χ1) is 11.4. The van der Waals surface area contributed by atoms with E-state index in [2.05, 4.69) is 15.0 Å². The largest absolute Gasteiger partial charge is 0.573 e. The van der Waals surface area contributed by atoms with Gasteiger partial charge in [0.15, 0.2) is 0 Å². The van der Waals surface area contributed by atoms with E-state index in [0.29, 0.717) is 4.34 Å². The second kappa shape index (κ2) is 7.31. The van der Waals surface area contributed by atoms with E-state index >= 15 is 0 Å². The Kier molecular flexibility index (Phi) is 5.34. The highest BCUT2D eigenvalue weighted by Gasteiger charge is 2.31. The lowest BCUT2D eigenvalue weighted by atomic mass is 10.0. The smallest absolute Gasteiger partial charge is 0.406 e. The molecule has 3 rings (SSSR count). The molecule has 0 saturated carbocycles. The highest BCUT2D eigenvalue weighted by atomic mass is 35.5. The van der Waals surface area contributed by atoms with Gasteiger partial charge in [0.05, 0.1) is 10.4 Å². The van der Waals surface area contributed by atoms with Gasteiger partial charge in [-0.05, 0) is 29.8 Å². The minimum absolute atomic E-state index is 0.0236. The number of halogens is 4. The molecule has 130 valence electrons. The maximum atomic E-state index is 12.3. The van der Waals surface area contributed by atoms with Gasteiger partial charge in [0, 0.05) is 31.1 Å². The topological polar surface area (TPSA) is 24.5 Å². The van der Waals surface area contributed by atoms with Crippen LogP contribution in [0.5, 0.6) is 5.75 Å². The second-order valence-electron chi connectivity index (χ2n) is 5.45. The van der Waals surface area contributed by atoms with Crippen molar-refractivity contribution < 1.29 is 17.9 Å². The maximum Gasteiger partial charge on any atom is 0.573 e. The van der Waals surface area contributed by atoms with Crippen molar-refractivity contribution in [2.45, 2.75) is 12.4 Å². The summed E-state index contributed by atoms with van der Waals surface area (Å²) < 4.78 is 41.6. The lowest BCUT2D eigenvalue weighted by Gasteiger charge is -2.34. The minimum atomic E-state index is -4.68. The molecule has 3 nitrogen and oxygen atoms in total. The van der Waals surface area contributed by atoms with Crippen LogP contribution in [0.25, 0.3) is 0 Å². The van der Waals surface area contributed by atoms with Crippen LogP contribution in [0.1, 0.15) is 16.5 Å². The number of rotatable bonds is 4. The summed E-state index contributed by atoms with van der Waals surface area (Å²) in [6.45, 7) is 3.48. The molecule has 1 aromatic heterocycles. The highest BCUT2D eigenvalue weighted by Crippen LogP contribution is 2.36. The molecule has 24 heavy (non-hydrogen) atoms. The summed E-state index contributed by atoms with van der Waals surface area (Å²) in [5.41, 5.74) is 0.921. The molecule has 1 aliphatic heterocycles. The fraction of sp³-hybridized carbons (Fsp3) is 0.375. The number of hydrogen-bond acceptors (Lipinski definition) is 4. The summed E-state index contributed by atoms with van der Waals surface area (Å²) in [6, 6.07) is 9.87. The van der Waals surface area contributed by atoms with Gasteiger partial charge < -0.3 is 10.1 Å².